The molecule has 0 bridgehead atoms. The number of nitrogens with zero attached hydrogens (tertiary/aromatic N) is 1. The standard InChI is InChI=1S/C22H28N2O5.C2H6/c1-3-29-20(25)14-24(13-15-7-5-4-6-8-15)22(27)21(26)18-12-23-19-11-16(28-2)9-10-17(18)19;1-2/h9-12,15,23H,3-8,13-14H2,1-2H3;1-2H3. The number of carbonyl (C=O) groups is 3. The van der Waals surface area contributed by atoms with Crippen LogP contribution in [0.3, 0.4) is 0 Å². The van der Waals surface area contributed by atoms with E-state index in [1.165, 1.54) is 17.5 Å². The van der Waals surface area contributed by atoms with Crippen molar-refractivity contribution in [3.8, 4) is 5.75 Å². The SMILES string of the molecule is CC.CCOC(=O)CN(CC1CCCCC1)C(=O)C(=O)c1c[nH]c2cc(OC)ccc12. The predicted molar refractivity (Wildman–Crippen MR) is 120 cm³/mol. The average Bonchev–Trinajstić information content (AvgIpc) is 3.23. The summed E-state index contributed by atoms with van der Waals surface area (Å²) in [6.45, 7) is 6.16. The number of ether oxygens (including phenoxy) is 2. The Bertz CT molecular complexity index is 883. The van der Waals surface area contributed by atoms with Gasteiger partial charge in [0.25, 0.3) is 11.7 Å². The Morgan fingerprint density at radius 2 is 1.84 bits per heavy atom. The maximum atomic E-state index is 13.1. The van der Waals surface area contributed by atoms with E-state index in [4.69, 9.17) is 9.47 Å². The molecule has 1 N–H and O–H groups in total. The van der Waals surface area contributed by atoms with Crippen molar-refractivity contribution >= 4 is 28.6 Å². The van der Waals surface area contributed by atoms with Crippen LogP contribution < -0.4 is 4.74 Å². The van der Waals surface area contributed by atoms with Gasteiger partial charge in [-0.1, -0.05) is 33.1 Å². The number of rotatable bonds is 8. The van der Waals surface area contributed by atoms with Gasteiger partial charge in [0.2, 0.25) is 0 Å². The molecule has 2 aromatic rings. The lowest BCUT2D eigenvalue weighted by Crippen LogP contribution is -2.43. The Labute approximate surface area is 184 Å². The maximum Gasteiger partial charge on any atom is 0.325 e. The van der Waals surface area contributed by atoms with E-state index in [9.17, 15) is 14.4 Å². The molecule has 1 fully saturated rings. The van der Waals surface area contributed by atoms with Crippen molar-refractivity contribution in [2.45, 2.75) is 52.9 Å². The number of aromatic amines is 1. The Kier molecular flexibility index (Phi) is 9.56. The smallest absolute Gasteiger partial charge is 0.325 e. The van der Waals surface area contributed by atoms with Crippen molar-refractivity contribution in [3.05, 3.63) is 30.0 Å². The Morgan fingerprint density at radius 3 is 2.48 bits per heavy atom. The molecule has 3 rings (SSSR count). The molecule has 0 unspecified atom stereocenters. The minimum Gasteiger partial charge on any atom is -0.497 e. The molecule has 0 saturated heterocycles. The van der Waals surface area contributed by atoms with Crippen LogP contribution in [0.2, 0.25) is 0 Å². The van der Waals surface area contributed by atoms with Crippen LogP contribution in [0.5, 0.6) is 5.75 Å². The van der Waals surface area contributed by atoms with Gasteiger partial charge in [0.05, 0.1) is 19.3 Å². The largest absolute Gasteiger partial charge is 0.497 e. The molecule has 7 nitrogen and oxygen atoms in total. The molecule has 1 aromatic heterocycles. The van der Waals surface area contributed by atoms with E-state index in [-0.39, 0.29) is 13.2 Å². The molecule has 31 heavy (non-hydrogen) atoms. The van der Waals surface area contributed by atoms with Gasteiger partial charge in [0.15, 0.2) is 0 Å². The number of esters is 1. The third-order valence-corrected chi connectivity index (χ3v) is 5.44. The molecule has 1 heterocycles. The zero-order valence-electron chi connectivity index (χ0n) is 19.0. The minimum absolute atomic E-state index is 0.203. The summed E-state index contributed by atoms with van der Waals surface area (Å²) < 4.78 is 10.2. The topological polar surface area (TPSA) is 88.7 Å². The number of amides is 1. The summed E-state index contributed by atoms with van der Waals surface area (Å²) >= 11 is 0. The molecule has 1 aromatic carbocycles. The summed E-state index contributed by atoms with van der Waals surface area (Å²) in [4.78, 5) is 42.5. The molecule has 7 heteroatoms. The average molecular weight is 431 g/mol. The van der Waals surface area contributed by atoms with Crippen LogP contribution >= 0.6 is 0 Å². The van der Waals surface area contributed by atoms with E-state index in [0.29, 0.717) is 34.7 Å². The van der Waals surface area contributed by atoms with Crippen molar-refractivity contribution in [1.82, 2.24) is 9.88 Å². The third-order valence-electron chi connectivity index (χ3n) is 5.44. The first-order chi connectivity index (χ1) is 15.0. The summed E-state index contributed by atoms with van der Waals surface area (Å²) in [6, 6.07) is 5.27. The van der Waals surface area contributed by atoms with Gasteiger partial charge >= 0.3 is 5.97 Å². The molecule has 0 aliphatic heterocycles. The van der Waals surface area contributed by atoms with Crippen molar-refractivity contribution in [3.63, 3.8) is 0 Å². The van der Waals surface area contributed by atoms with E-state index < -0.39 is 17.7 Å². The van der Waals surface area contributed by atoms with E-state index in [0.717, 1.165) is 25.7 Å². The van der Waals surface area contributed by atoms with Gasteiger partial charge in [-0.2, -0.15) is 0 Å². The number of Topliss-reactive ketones (excluding diaryl/α,β-unsaturated/α-hetero) is 1. The van der Waals surface area contributed by atoms with Gasteiger partial charge in [-0.3, -0.25) is 14.4 Å². The van der Waals surface area contributed by atoms with E-state index in [1.807, 2.05) is 13.8 Å². The van der Waals surface area contributed by atoms with Crippen LogP contribution in [0.25, 0.3) is 10.9 Å². The van der Waals surface area contributed by atoms with Crippen LogP contribution in [0.4, 0.5) is 0 Å². The molecule has 1 saturated carbocycles. The number of H-pyrrole nitrogens is 1. The second-order valence-electron chi connectivity index (χ2n) is 7.44. The summed E-state index contributed by atoms with van der Waals surface area (Å²) in [5.74, 6) is -0.817. The summed E-state index contributed by atoms with van der Waals surface area (Å²) in [6.07, 6.45) is 6.98. The predicted octanol–water partition coefficient (Wildman–Crippen LogP) is 4.36. The zero-order valence-corrected chi connectivity index (χ0v) is 19.0. The molecule has 0 atom stereocenters. The van der Waals surface area contributed by atoms with Gasteiger partial charge in [0.1, 0.15) is 12.3 Å². The molecule has 1 amide bonds. The van der Waals surface area contributed by atoms with Crippen LogP contribution in [-0.4, -0.2) is 54.3 Å². The van der Waals surface area contributed by atoms with Gasteiger partial charge in [-0.05, 0) is 37.8 Å². The lowest BCUT2D eigenvalue weighted by molar-refractivity contribution is -0.148. The minimum atomic E-state index is -0.666. The van der Waals surface area contributed by atoms with Crippen LogP contribution in [0.1, 0.15) is 63.2 Å². The highest BCUT2D eigenvalue weighted by atomic mass is 16.5. The normalized spacial score (nSPS) is 13.8. The Balaban J connectivity index is 0.00000166. The number of fused-ring (bicyclic) bond motifs is 1. The Morgan fingerprint density at radius 1 is 1.13 bits per heavy atom. The van der Waals surface area contributed by atoms with Gasteiger partial charge < -0.3 is 19.4 Å². The van der Waals surface area contributed by atoms with Gasteiger partial charge in [0, 0.05) is 29.7 Å². The number of benzene rings is 1. The van der Waals surface area contributed by atoms with E-state index in [1.54, 1.807) is 32.2 Å². The summed E-state index contributed by atoms with van der Waals surface area (Å²) in [5, 5.41) is 0.651. The fraction of sp³-hybridized carbons (Fsp3) is 0.542. The van der Waals surface area contributed by atoms with Crippen LogP contribution in [0.15, 0.2) is 24.4 Å². The highest BCUT2D eigenvalue weighted by Gasteiger charge is 2.29. The van der Waals surface area contributed by atoms with Crippen LogP contribution in [-0.2, 0) is 14.3 Å². The number of hydrogen-bond donors (Lipinski definition) is 1. The van der Waals surface area contributed by atoms with Gasteiger partial charge in [-0.15, -0.1) is 0 Å². The number of hydrogen-bond acceptors (Lipinski definition) is 5. The molecule has 0 spiro atoms. The van der Waals surface area contributed by atoms with Crippen molar-refractivity contribution in [2.24, 2.45) is 5.92 Å². The molecule has 0 radical (unpaired) electrons. The fourth-order valence-corrected chi connectivity index (χ4v) is 3.94. The number of ketones is 1. The third kappa shape index (κ3) is 6.32. The monoisotopic (exact) mass is 430 g/mol. The van der Waals surface area contributed by atoms with Crippen molar-refractivity contribution in [2.75, 3.05) is 26.8 Å². The second-order valence-corrected chi connectivity index (χ2v) is 7.44. The highest BCUT2D eigenvalue weighted by Crippen LogP contribution is 2.26. The molecule has 1 aliphatic carbocycles. The Hall–Kier alpha value is -2.83. The molecule has 1 aliphatic rings. The lowest BCUT2D eigenvalue weighted by Gasteiger charge is -2.28. The molecular formula is C24H34N2O5. The van der Waals surface area contributed by atoms with E-state index >= 15 is 0 Å². The first-order valence-corrected chi connectivity index (χ1v) is 11.2. The molecule has 170 valence electrons. The summed E-state index contributed by atoms with van der Waals surface area (Å²) in [7, 11) is 1.57. The molecular weight excluding hydrogens is 396 g/mol. The quantitative estimate of drug-likeness (QED) is 0.382. The zero-order chi connectivity index (χ0) is 22.8. The fourth-order valence-electron chi connectivity index (χ4n) is 3.94. The lowest BCUT2D eigenvalue weighted by atomic mass is 9.89. The maximum absolute atomic E-state index is 13.1. The second kappa shape index (κ2) is 12.1. The summed E-state index contributed by atoms with van der Waals surface area (Å²) in [5.41, 5.74) is 1.01. The van der Waals surface area contributed by atoms with Gasteiger partial charge in [-0.25, -0.2) is 0 Å². The first kappa shape index (κ1) is 24.4. The highest BCUT2D eigenvalue weighted by molar-refractivity contribution is 6.45. The number of methoxy groups -OCH3 is 1. The number of aromatic nitrogens is 1. The number of carbonyl (C=O) groups excluding carboxylic acids is 3. The van der Waals surface area contributed by atoms with Crippen molar-refractivity contribution in [1.29, 1.82) is 0 Å². The van der Waals surface area contributed by atoms with Crippen LogP contribution in [0, 0.1) is 5.92 Å². The first-order valence-electron chi connectivity index (χ1n) is 11.2. The number of nitrogens with one attached hydrogen (secondary N) is 1. The van der Waals surface area contributed by atoms with E-state index in [2.05, 4.69) is 4.98 Å². The van der Waals surface area contributed by atoms with Crippen molar-refractivity contribution < 1.29 is 23.9 Å².